The molecule has 0 radical (unpaired) electrons. The topological polar surface area (TPSA) is 44.6 Å². The summed E-state index contributed by atoms with van der Waals surface area (Å²) in [5, 5.41) is 3.80. The summed E-state index contributed by atoms with van der Waals surface area (Å²) in [6, 6.07) is 18.8. The first-order chi connectivity index (χ1) is 12.8. The number of ether oxygens (including phenoxy) is 3. The first-order valence-corrected chi connectivity index (χ1v) is 8.77. The lowest BCUT2D eigenvalue weighted by Gasteiger charge is -2.34. The van der Waals surface area contributed by atoms with Gasteiger partial charge in [0.15, 0.2) is 11.5 Å². The van der Waals surface area contributed by atoms with Crippen molar-refractivity contribution in [2.75, 3.05) is 13.9 Å². The minimum Gasteiger partial charge on any atom is -0.496 e. The molecule has 26 heavy (non-hydrogen) atoms. The highest BCUT2D eigenvalue weighted by Crippen LogP contribution is 2.39. The monoisotopic (exact) mass is 348 g/mol. The number of rotatable bonds is 3. The van der Waals surface area contributed by atoms with Crippen molar-refractivity contribution in [1.82, 2.24) is 9.88 Å². The number of nitrogens with one attached hydrogen (secondary N) is 1. The lowest BCUT2D eigenvalue weighted by molar-refractivity contribution is 0.174. The largest absolute Gasteiger partial charge is 0.496 e. The molecule has 3 heterocycles. The molecule has 1 aromatic heterocycles. The third-order valence-electron chi connectivity index (χ3n) is 5.16. The average molecular weight is 348 g/mol. The molecule has 0 spiro atoms. The van der Waals surface area contributed by atoms with E-state index in [1.165, 1.54) is 11.3 Å². The number of benzene rings is 2. The molecule has 2 atom stereocenters. The van der Waals surface area contributed by atoms with Gasteiger partial charge in [-0.3, -0.25) is 5.32 Å². The van der Waals surface area contributed by atoms with E-state index in [1.54, 1.807) is 7.11 Å². The highest BCUT2D eigenvalue weighted by molar-refractivity contribution is 5.46. The molecule has 0 aliphatic carbocycles. The molecule has 2 aliphatic rings. The summed E-state index contributed by atoms with van der Waals surface area (Å²) >= 11 is 0. The van der Waals surface area contributed by atoms with Crippen LogP contribution in [0, 0.1) is 0 Å². The van der Waals surface area contributed by atoms with E-state index in [4.69, 9.17) is 14.2 Å². The van der Waals surface area contributed by atoms with Crippen molar-refractivity contribution in [1.29, 1.82) is 0 Å². The summed E-state index contributed by atoms with van der Waals surface area (Å²) < 4.78 is 18.9. The molecular formula is C21H20N2O3. The number of nitrogens with zero attached hydrogens (tertiary/aromatic N) is 1. The number of fused-ring (bicyclic) bond motifs is 2. The summed E-state index contributed by atoms with van der Waals surface area (Å²) in [4.78, 5) is 0. The summed E-state index contributed by atoms with van der Waals surface area (Å²) in [7, 11) is 1.72. The molecule has 2 aromatic carbocycles. The lowest BCUT2D eigenvalue weighted by Crippen LogP contribution is -2.36. The third-order valence-corrected chi connectivity index (χ3v) is 5.16. The number of hydrogen-bond acceptors (Lipinski definition) is 4. The van der Waals surface area contributed by atoms with Crippen molar-refractivity contribution >= 4 is 0 Å². The van der Waals surface area contributed by atoms with Gasteiger partial charge in [0.25, 0.3) is 0 Å². The first-order valence-electron chi connectivity index (χ1n) is 8.77. The van der Waals surface area contributed by atoms with Gasteiger partial charge in [-0.25, -0.2) is 0 Å². The summed E-state index contributed by atoms with van der Waals surface area (Å²) in [6.07, 6.45) is 2.14. The Labute approximate surface area is 152 Å². The summed E-state index contributed by atoms with van der Waals surface area (Å²) in [6.45, 7) is 1.16. The Kier molecular flexibility index (Phi) is 3.60. The molecule has 0 saturated carbocycles. The minimum atomic E-state index is 0.0605. The Morgan fingerprint density at radius 3 is 2.85 bits per heavy atom. The number of hydrogen-bond donors (Lipinski definition) is 1. The normalized spacial score (nSPS) is 20.7. The van der Waals surface area contributed by atoms with Crippen LogP contribution in [-0.4, -0.2) is 18.5 Å². The van der Waals surface area contributed by atoms with Crippen molar-refractivity contribution in [3.8, 4) is 17.2 Å². The van der Waals surface area contributed by atoms with Crippen LogP contribution in [0.1, 0.15) is 28.9 Å². The van der Waals surface area contributed by atoms with E-state index in [9.17, 15) is 0 Å². The van der Waals surface area contributed by atoms with Gasteiger partial charge in [0, 0.05) is 24.0 Å². The van der Waals surface area contributed by atoms with Gasteiger partial charge in [-0.15, -0.1) is 0 Å². The van der Waals surface area contributed by atoms with E-state index >= 15 is 0 Å². The second-order valence-electron chi connectivity index (χ2n) is 6.59. The zero-order chi connectivity index (χ0) is 17.5. The van der Waals surface area contributed by atoms with Gasteiger partial charge in [-0.05, 0) is 35.9 Å². The zero-order valence-electron chi connectivity index (χ0n) is 14.5. The second-order valence-corrected chi connectivity index (χ2v) is 6.59. The maximum absolute atomic E-state index is 5.61. The quantitative estimate of drug-likeness (QED) is 0.785. The van der Waals surface area contributed by atoms with Crippen LogP contribution in [0.15, 0.2) is 60.8 Å². The van der Waals surface area contributed by atoms with E-state index in [-0.39, 0.29) is 12.1 Å². The van der Waals surface area contributed by atoms with Crippen molar-refractivity contribution in [2.24, 2.45) is 0 Å². The van der Waals surface area contributed by atoms with Gasteiger partial charge < -0.3 is 18.8 Å². The number of aromatic nitrogens is 1. The van der Waals surface area contributed by atoms with Crippen LogP contribution in [0.2, 0.25) is 0 Å². The summed E-state index contributed by atoms with van der Waals surface area (Å²) in [5.41, 5.74) is 3.57. The fourth-order valence-corrected chi connectivity index (χ4v) is 3.88. The molecule has 3 aromatic rings. The molecule has 2 aliphatic heterocycles. The van der Waals surface area contributed by atoms with Gasteiger partial charge in [0.05, 0.1) is 19.2 Å². The molecule has 2 unspecified atom stereocenters. The Morgan fingerprint density at radius 1 is 1.04 bits per heavy atom. The first kappa shape index (κ1) is 15.3. The Hall–Kier alpha value is -2.92. The zero-order valence-corrected chi connectivity index (χ0v) is 14.5. The molecule has 0 saturated heterocycles. The lowest BCUT2D eigenvalue weighted by atomic mass is 9.96. The van der Waals surface area contributed by atoms with Crippen LogP contribution >= 0.6 is 0 Å². The van der Waals surface area contributed by atoms with Crippen molar-refractivity contribution in [2.45, 2.75) is 18.6 Å². The van der Waals surface area contributed by atoms with E-state index < -0.39 is 0 Å². The van der Waals surface area contributed by atoms with Crippen LogP contribution in [0.25, 0.3) is 0 Å². The minimum absolute atomic E-state index is 0.0605. The fourth-order valence-electron chi connectivity index (χ4n) is 3.88. The Morgan fingerprint density at radius 2 is 1.92 bits per heavy atom. The van der Waals surface area contributed by atoms with Crippen molar-refractivity contribution < 1.29 is 14.2 Å². The molecule has 0 fully saturated rings. The van der Waals surface area contributed by atoms with Gasteiger partial charge in [0.1, 0.15) is 5.75 Å². The maximum Gasteiger partial charge on any atom is 0.231 e. The van der Waals surface area contributed by atoms with Crippen LogP contribution in [-0.2, 0) is 6.54 Å². The van der Waals surface area contributed by atoms with Crippen LogP contribution in [0.4, 0.5) is 0 Å². The van der Waals surface area contributed by atoms with Crippen LogP contribution < -0.4 is 19.5 Å². The average Bonchev–Trinajstić information content (AvgIpc) is 3.35. The predicted octanol–water partition coefficient (Wildman–Crippen LogP) is 3.66. The van der Waals surface area contributed by atoms with E-state index in [0.717, 1.165) is 29.4 Å². The predicted molar refractivity (Wildman–Crippen MR) is 97.7 cm³/mol. The van der Waals surface area contributed by atoms with Gasteiger partial charge in [0.2, 0.25) is 6.79 Å². The highest BCUT2D eigenvalue weighted by atomic mass is 16.7. The van der Waals surface area contributed by atoms with Crippen LogP contribution in [0.5, 0.6) is 17.2 Å². The molecule has 5 nitrogen and oxygen atoms in total. The second kappa shape index (κ2) is 6.11. The standard InChI is InChI=1S/C21H20N2O3/c1-24-18-7-3-2-5-15(18)21-17-6-4-10-23(17)12-16(22-21)14-8-9-19-20(11-14)26-13-25-19/h2-11,16,21-22H,12-13H2,1H3. The van der Waals surface area contributed by atoms with Gasteiger partial charge >= 0.3 is 0 Å². The SMILES string of the molecule is COc1ccccc1C1NC(c2ccc3c(c2)OCO3)Cn2cccc21. The van der Waals surface area contributed by atoms with E-state index in [2.05, 4.69) is 52.5 Å². The third kappa shape index (κ3) is 2.44. The summed E-state index contributed by atoms with van der Waals surface area (Å²) in [5.74, 6) is 2.52. The van der Waals surface area contributed by atoms with Crippen molar-refractivity contribution in [3.63, 3.8) is 0 Å². The fraction of sp³-hybridized carbons (Fsp3) is 0.238. The van der Waals surface area contributed by atoms with Gasteiger partial charge in [-0.2, -0.15) is 0 Å². The smallest absolute Gasteiger partial charge is 0.231 e. The molecule has 0 bridgehead atoms. The Bertz CT molecular complexity index is 950. The highest BCUT2D eigenvalue weighted by Gasteiger charge is 2.30. The van der Waals surface area contributed by atoms with Gasteiger partial charge in [-0.1, -0.05) is 24.3 Å². The van der Waals surface area contributed by atoms with Crippen molar-refractivity contribution in [3.05, 3.63) is 77.6 Å². The van der Waals surface area contributed by atoms with E-state index in [0.29, 0.717) is 6.79 Å². The number of methoxy groups -OCH3 is 1. The maximum atomic E-state index is 5.61. The molecule has 132 valence electrons. The molecule has 5 heteroatoms. The van der Waals surface area contributed by atoms with Crippen LogP contribution in [0.3, 0.4) is 0 Å². The molecule has 0 amide bonds. The van der Waals surface area contributed by atoms with E-state index in [1.807, 2.05) is 18.2 Å². The molecule has 1 N–H and O–H groups in total. The molecular weight excluding hydrogens is 328 g/mol. The molecule has 5 rings (SSSR count). The Balaban J connectivity index is 1.55. The number of para-hydroxylation sites is 1.